The third-order valence-corrected chi connectivity index (χ3v) is 4.66. The van der Waals surface area contributed by atoms with Gasteiger partial charge < -0.3 is 18.6 Å². The van der Waals surface area contributed by atoms with Crippen molar-refractivity contribution in [1.29, 1.82) is 0 Å². The maximum atomic E-state index is 12.3. The number of rotatable bonds is 3. The standard InChI is InChI=1S/C18H20N2O4/c21-17(19-9-1-2-10-19)15-7-5-13(23-15)14-6-8-16(24-14)18(22)20-11-3-4-12-20/h5-8H,1-4,9-12H2. The SMILES string of the molecule is O=C(c1ccc(-c2ccc(C(=O)N3CCCC3)o2)o1)N1CCCC1. The summed E-state index contributed by atoms with van der Waals surface area (Å²) < 4.78 is 11.3. The summed E-state index contributed by atoms with van der Waals surface area (Å²) in [5.41, 5.74) is 0. The van der Waals surface area contributed by atoms with Gasteiger partial charge in [0.05, 0.1) is 0 Å². The van der Waals surface area contributed by atoms with Gasteiger partial charge in [-0.2, -0.15) is 0 Å². The minimum Gasteiger partial charge on any atom is -0.448 e. The molecule has 0 bridgehead atoms. The molecule has 24 heavy (non-hydrogen) atoms. The second-order valence-corrected chi connectivity index (χ2v) is 6.33. The second kappa shape index (κ2) is 6.19. The Bertz CT molecular complexity index is 684. The van der Waals surface area contributed by atoms with Gasteiger partial charge in [0.2, 0.25) is 0 Å². The lowest BCUT2D eigenvalue weighted by Gasteiger charge is -2.12. The summed E-state index contributed by atoms with van der Waals surface area (Å²) in [7, 11) is 0. The van der Waals surface area contributed by atoms with Crippen LogP contribution in [-0.4, -0.2) is 47.8 Å². The number of amides is 2. The summed E-state index contributed by atoms with van der Waals surface area (Å²) in [6, 6.07) is 6.76. The Morgan fingerprint density at radius 1 is 0.667 bits per heavy atom. The fourth-order valence-electron chi connectivity index (χ4n) is 3.32. The minimum atomic E-state index is -0.0846. The molecule has 0 aromatic carbocycles. The van der Waals surface area contributed by atoms with Gasteiger partial charge in [0.15, 0.2) is 23.0 Å². The van der Waals surface area contributed by atoms with Crippen molar-refractivity contribution in [1.82, 2.24) is 9.80 Å². The van der Waals surface area contributed by atoms with E-state index in [0.29, 0.717) is 23.0 Å². The maximum absolute atomic E-state index is 12.3. The van der Waals surface area contributed by atoms with Crippen molar-refractivity contribution < 1.29 is 18.4 Å². The number of hydrogen-bond donors (Lipinski definition) is 0. The fourth-order valence-corrected chi connectivity index (χ4v) is 3.32. The molecule has 2 aliphatic heterocycles. The Kier molecular flexibility index (Phi) is 3.88. The monoisotopic (exact) mass is 328 g/mol. The van der Waals surface area contributed by atoms with Gasteiger partial charge in [-0.05, 0) is 49.9 Å². The third kappa shape index (κ3) is 2.72. The number of furan rings is 2. The normalized spacial score (nSPS) is 17.7. The molecule has 4 heterocycles. The summed E-state index contributed by atoms with van der Waals surface area (Å²) in [5.74, 6) is 1.40. The molecule has 0 unspecified atom stereocenters. The van der Waals surface area contributed by atoms with Gasteiger partial charge in [-0.25, -0.2) is 0 Å². The highest BCUT2D eigenvalue weighted by atomic mass is 16.4. The molecular weight excluding hydrogens is 308 g/mol. The highest BCUT2D eigenvalue weighted by Gasteiger charge is 2.25. The predicted molar refractivity (Wildman–Crippen MR) is 86.7 cm³/mol. The van der Waals surface area contributed by atoms with E-state index < -0.39 is 0 Å². The van der Waals surface area contributed by atoms with Gasteiger partial charge in [-0.3, -0.25) is 9.59 Å². The number of carbonyl (C=O) groups excluding carboxylic acids is 2. The molecule has 2 amide bonds. The average molecular weight is 328 g/mol. The van der Waals surface area contributed by atoms with Gasteiger partial charge in [0.1, 0.15) is 0 Å². The lowest BCUT2D eigenvalue weighted by atomic mass is 10.3. The third-order valence-electron chi connectivity index (χ3n) is 4.66. The first-order valence-corrected chi connectivity index (χ1v) is 8.51. The summed E-state index contributed by atoms with van der Waals surface area (Å²) in [4.78, 5) is 28.2. The lowest BCUT2D eigenvalue weighted by molar-refractivity contribution is 0.0752. The highest BCUT2D eigenvalue weighted by Crippen LogP contribution is 2.26. The van der Waals surface area contributed by atoms with Crippen LogP contribution in [0, 0.1) is 0 Å². The lowest BCUT2D eigenvalue weighted by Crippen LogP contribution is -2.27. The van der Waals surface area contributed by atoms with E-state index in [1.165, 1.54) is 0 Å². The van der Waals surface area contributed by atoms with E-state index in [4.69, 9.17) is 8.83 Å². The molecule has 2 saturated heterocycles. The molecular formula is C18H20N2O4. The summed E-state index contributed by atoms with van der Waals surface area (Å²) in [6.45, 7) is 3.13. The zero-order valence-corrected chi connectivity index (χ0v) is 13.5. The fraction of sp³-hybridized carbons (Fsp3) is 0.444. The Labute approximate surface area is 140 Å². The van der Waals surface area contributed by atoms with Crippen LogP contribution in [0.5, 0.6) is 0 Å². The maximum Gasteiger partial charge on any atom is 0.289 e. The van der Waals surface area contributed by atoms with E-state index in [9.17, 15) is 9.59 Å². The molecule has 2 fully saturated rings. The topological polar surface area (TPSA) is 66.9 Å². The van der Waals surface area contributed by atoms with Crippen molar-refractivity contribution in [3.8, 4) is 11.5 Å². The highest BCUT2D eigenvalue weighted by molar-refractivity contribution is 5.93. The molecule has 0 spiro atoms. The van der Waals surface area contributed by atoms with E-state index in [0.717, 1.165) is 51.9 Å². The smallest absolute Gasteiger partial charge is 0.289 e. The van der Waals surface area contributed by atoms with Crippen LogP contribution in [0.4, 0.5) is 0 Å². The van der Waals surface area contributed by atoms with Crippen molar-refractivity contribution in [2.45, 2.75) is 25.7 Å². The Balaban J connectivity index is 1.50. The first kappa shape index (κ1) is 15.1. The number of carbonyl (C=O) groups is 2. The van der Waals surface area contributed by atoms with Crippen molar-refractivity contribution in [3.05, 3.63) is 35.8 Å². The zero-order chi connectivity index (χ0) is 16.5. The molecule has 126 valence electrons. The van der Waals surface area contributed by atoms with Crippen LogP contribution in [0.15, 0.2) is 33.1 Å². The molecule has 0 radical (unpaired) electrons. The van der Waals surface area contributed by atoms with E-state index in [2.05, 4.69) is 0 Å². The molecule has 0 N–H and O–H groups in total. The van der Waals surface area contributed by atoms with Crippen LogP contribution in [-0.2, 0) is 0 Å². The molecule has 0 aliphatic carbocycles. The molecule has 2 aromatic heterocycles. The largest absolute Gasteiger partial charge is 0.448 e. The van der Waals surface area contributed by atoms with E-state index in [1.54, 1.807) is 34.1 Å². The molecule has 2 aromatic rings. The van der Waals surface area contributed by atoms with Crippen LogP contribution in [0.25, 0.3) is 11.5 Å². The Hall–Kier alpha value is -2.50. The molecule has 0 atom stereocenters. The second-order valence-electron chi connectivity index (χ2n) is 6.33. The van der Waals surface area contributed by atoms with Gasteiger partial charge >= 0.3 is 0 Å². The number of nitrogens with zero attached hydrogens (tertiary/aromatic N) is 2. The summed E-state index contributed by atoms with van der Waals surface area (Å²) >= 11 is 0. The molecule has 2 aliphatic rings. The first-order chi connectivity index (χ1) is 11.7. The number of likely N-dealkylation sites (tertiary alicyclic amines) is 2. The van der Waals surface area contributed by atoms with Crippen molar-refractivity contribution in [2.24, 2.45) is 0 Å². The van der Waals surface area contributed by atoms with Crippen LogP contribution >= 0.6 is 0 Å². The zero-order valence-electron chi connectivity index (χ0n) is 13.5. The summed E-state index contributed by atoms with van der Waals surface area (Å²) in [5, 5.41) is 0. The molecule has 0 saturated carbocycles. The predicted octanol–water partition coefficient (Wildman–Crippen LogP) is 3.01. The number of hydrogen-bond acceptors (Lipinski definition) is 4. The Morgan fingerprint density at radius 3 is 1.42 bits per heavy atom. The van der Waals surface area contributed by atoms with Gasteiger partial charge in [-0.15, -0.1) is 0 Å². The first-order valence-electron chi connectivity index (χ1n) is 8.51. The van der Waals surface area contributed by atoms with Gasteiger partial charge in [0.25, 0.3) is 11.8 Å². The summed E-state index contributed by atoms with van der Waals surface area (Å²) in [6.07, 6.45) is 4.16. The van der Waals surface area contributed by atoms with Crippen molar-refractivity contribution in [3.63, 3.8) is 0 Å². The quantitative estimate of drug-likeness (QED) is 0.868. The van der Waals surface area contributed by atoms with Crippen LogP contribution in [0.3, 0.4) is 0 Å². The van der Waals surface area contributed by atoms with Gasteiger partial charge in [0, 0.05) is 26.2 Å². The molecule has 4 rings (SSSR count). The Morgan fingerprint density at radius 2 is 1.04 bits per heavy atom. The van der Waals surface area contributed by atoms with Crippen molar-refractivity contribution >= 4 is 11.8 Å². The van der Waals surface area contributed by atoms with Crippen LogP contribution < -0.4 is 0 Å². The van der Waals surface area contributed by atoms with Crippen molar-refractivity contribution in [2.75, 3.05) is 26.2 Å². The van der Waals surface area contributed by atoms with E-state index in [1.807, 2.05) is 0 Å². The van der Waals surface area contributed by atoms with Gasteiger partial charge in [-0.1, -0.05) is 0 Å². The van der Waals surface area contributed by atoms with Crippen LogP contribution in [0.2, 0.25) is 0 Å². The molecule has 6 nitrogen and oxygen atoms in total. The van der Waals surface area contributed by atoms with E-state index in [-0.39, 0.29) is 11.8 Å². The molecule has 6 heteroatoms. The van der Waals surface area contributed by atoms with E-state index >= 15 is 0 Å². The minimum absolute atomic E-state index is 0.0846. The van der Waals surface area contributed by atoms with Crippen LogP contribution in [0.1, 0.15) is 46.8 Å². The average Bonchev–Trinajstić information content (AvgIpc) is 3.42.